The van der Waals surface area contributed by atoms with Crippen molar-refractivity contribution in [1.29, 1.82) is 0 Å². The van der Waals surface area contributed by atoms with Crippen LogP contribution in [0.25, 0.3) is 10.2 Å². The number of carboxylic acids is 1. The van der Waals surface area contributed by atoms with Crippen molar-refractivity contribution in [3.05, 3.63) is 23.2 Å². The van der Waals surface area contributed by atoms with Crippen LogP contribution in [-0.2, 0) is 11.2 Å². The number of thiophene rings is 1. The Bertz CT molecular complexity index is 415. The zero-order chi connectivity index (χ0) is 8.55. The van der Waals surface area contributed by atoms with E-state index >= 15 is 0 Å². The van der Waals surface area contributed by atoms with E-state index in [-0.39, 0.29) is 6.42 Å². The van der Waals surface area contributed by atoms with E-state index in [1.165, 1.54) is 0 Å². The molecule has 0 spiro atoms. The van der Waals surface area contributed by atoms with Gasteiger partial charge in [-0.3, -0.25) is 4.79 Å². The normalized spacial score (nSPS) is 10.7. The molecule has 0 amide bonds. The number of H-pyrrole nitrogens is 1. The van der Waals surface area contributed by atoms with Crippen molar-refractivity contribution in [1.82, 2.24) is 4.98 Å². The fourth-order valence-electron chi connectivity index (χ4n) is 1.21. The van der Waals surface area contributed by atoms with Gasteiger partial charge in [0.05, 0.1) is 11.3 Å². The molecule has 3 nitrogen and oxygen atoms in total. The highest BCUT2D eigenvalue weighted by molar-refractivity contribution is 7.16. The van der Waals surface area contributed by atoms with Crippen LogP contribution in [0.2, 0.25) is 0 Å². The Morgan fingerprint density at radius 1 is 1.67 bits per heavy atom. The molecule has 0 unspecified atom stereocenters. The Morgan fingerprint density at radius 2 is 2.50 bits per heavy atom. The van der Waals surface area contributed by atoms with E-state index in [4.69, 9.17) is 5.11 Å². The minimum absolute atomic E-state index is 0.0940. The van der Waals surface area contributed by atoms with Gasteiger partial charge < -0.3 is 10.1 Å². The monoisotopic (exact) mass is 181 g/mol. The number of nitrogens with one attached hydrogen (secondary N) is 1. The molecule has 2 heterocycles. The zero-order valence-electron chi connectivity index (χ0n) is 6.20. The van der Waals surface area contributed by atoms with Crippen LogP contribution in [-0.4, -0.2) is 16.1 Å². The number of aliphatic carboxylic acids is 1. The molecule has 2 rings (SSSR count). The second-order valence-corrected chi connectivity index (χ2v) is 3.46. The largest absolute Gasteiger partial charge is 0.481 e. The molecule has 0 aliphatic carbocycles. The molecule has 4 heteroatoms. The molecular formula is C8H7NO2S. The summed E-state index contributed by atoms with van der Waals surface area (Å²) in [6.07, 6.45) is 1.85. The summed E-state index contributed by atoms with van der Waals surface area (Å²) in [5, 5.41) is 11.6. The Morgan fingerprint density at radius 3 is 3.25 bits per heavy atom. The molecule has 0 saturated carbocycles. The van der Waals surface area contributed by atoms with Gasteiger partial charge in [0.25, 0.3) is 0 Å². The highest BCUT2D eigenvalue weighted by Crippen LogP contribution is 2.23. The molecule has 0 bridgehead atoms. The summed E-state index contributed by atoms with van der Waals surface area (Å²) in [7, 11) is 0. The van der Waals surface area contributed by atoms with Crippen molar-refractivity contribution in [3.8, 4) is 0 Å². The number of rotatable bonds is 2. The number of fused-ring (bicyclic) bond motifs is 1. The molecular weight excluding hydrogens is 174 g/mol. The lowest BCUT2D eigenvalue weighted by molar-refractivity contribution is -0.136. The molecule has 2 aromatic rings. The summed E-state index contributed by atoms with van der Waals surface area (Å²) < 4.78 is 0. The summed E-state index contributed by atoms with van der Waals surface area (Å²) in [6.45, 7) is 0. The van der Waals surface area contributed by atoms with Crippen LogP contribution in [0.4, 0.5) is 0 Å². The maximum absolute atomic E-state index is 10.4. The highest BCUT2D eigenvalue weighted by atomic mass is 32.1. The molecule has 0 atom stereocenters. The third-order valence-corrected chi connectivity index (χ3v) is 2.58. The summed E-state index contributed by atoms with van der Waals surface area (Å²) in [6, 6.07) is 1.94. The van der Waals surface area contributed by atoms with Crippen LogP contribution in [0, 0.1) is 0 Å². The summed E-state index contributed by atoms with van der Waals surface area (Å²) in [5.74, 6) is -0.790. The van der Waals surface area contributed by atoms with E-state index in [2.05, 4.69) is 4.98 Å². The summed E-state index contributed by atoms with van der Waals surface area (Å²) >= 11 is 1.59. The molecule has 0 aliphatic heterocycles. The van der Waals surface area contributed by atoms with Gasteiger partial charge in [0, 0.05) is 11.6 Å². The van der Waals surface area contributed by atoms with Gasteiger partial charge in [0.15, 0.2) is 0 Å². The first-order valence-electron chi connectivity index (χ1n) is 3.52. The first-order chi connectivity index (χ1) is 5.77. The first-order valence-corrected chi connectivity index (χ1v) is 4.40. The maximum Gasteiger partial charge on any atom is 0.307 e. The number of carboxylic acid groups (broad SMARTS) is 1. The lowest BCUT2D eigenvalue weighted by atomic mass is 10.2. The molecule has 2 N–H and O–H groups in total. The van der Waals surface area contributed by atoms with Crippen LogP contribution in [0.15, 0.2) is 17.6 Å². The minimum Gasteiger partial charge on any atom is -0.481 e. The quantitative estimate of drug-likeness (QED) is 0.742. The summed E-state index contributed by atoms with van der Waals surface area (Å²) in [4.78, 5) is 14.5. The van der Waals surface area contributed by atoms with Gasteiger partial charge in [0.1, 0.15) is 0 Å². The van der Waals surface area contributed by atoms with Gasteiger partial charge in [-0.05, 0) is 17.0 Å². The van der Waals surface area contributed by atoms with Gasteiger partial charge in [-0.15, -0.1) is 11.3 Å². The van der Waals surface area contributed by atoms with Gasteiger partial charge >= 0.3 is 5.97 Å². The van der Waals surface area contributed by atoms with Gasteiger partial charge in [-0.1, -0.05) is 0 Å². The molecule has 2 aromatic heterocycles. The Kier molecular flexibility index (Phi) is 1.62. The minimum atomic E-state index is -0.790. The van der Waals surface area contributed by atoms with Crippen molar-refractivity contribution in [3.63, 3.8) is 0 Å². The smallest absolute Gasteiger partial charge is 0.307 e. The summed E-state index contributed by atoms with van der Waals surface area (Å²) in [5.41, 5.74) is 0.860. The Balaban J connectivity index is 2.47. The molecule has 0 aliphatic rings. The molecule has 0 aromatic carbocycles. The first kappa shape index (κ1) is 7.36. The fourth-order valence-corrected chi connectivity index (χ4v) is 2.01. The average Bonchev–Trinajstić information content (AvgIpc) is 2.52. The van der Waals surface area contributed by atoms with E-state index in [1.54, 1.807) is 17.5 Å². The number of aromatic amines is 1. The van der Waals surface area contributed by atoms with Crippen LogP contribution in [0.1, 0.15) is 5.56 Å². The lowest BCUT2D eigenvalue weighted by Gasteiger charge is -1.88. The molecule has 0 saturated heterocycles. The third kappa shape index (κ3) is 1.10. The topological polar surface area (TPSA) is 53.1 Å². The number of hydrogen-bond donors (Lipinski definition) is 2. The number of carbonyl (C=O) groups is 1. The zero-order valence-corrected chi connectivity index (χ0v) is 7.02. The fraction of sp³-hybridized carbons (Fsp3) is 0.125. The standard InChI is InChI=1S/C8H7NO2S/c10-7(11)3-5-4-9-8-6(5)1-2-12-8/h1-2,4,9H,3H2,(H,10,11). The number of aromatic nitrogens is 1. The highest BCUT2D eigenvalue weighted by Gasteiger charge is 2.07. The van der Waals surface area contributed by atoms with E-state index in [1.807, 2.05) is 11.4 Å². The Labute approximate surface area is 72.6 Å². The number of hydrogen-bond acceptors (Lipinski definition) is 2. The van der Waals surface area contributed by atoms with E-state index in [0.717, 1.165) is 15.8 Å². The molecule has 0 fully saturated rings. The lowest BCUT2D eigenvalue weighted by Crippen LogP contribution is -1.98. The molecule has 0 radical (unpaired) electrons. The van der Waals surface area contributed by atoms with Crippen molar-refractivity contribution < 1.29 is 9.90 Å². The van der Waals surface area contributed by atoms with Crippen LogP contribution in [0.5, 0.6) is 0 Å². The van der Waals surface area contributed by atoms with E-state index in [9.17, 15) is 4.79 Å². The second kappa shape index (κ2) is 2.64. The SMILES string of the molecule is O=C(O)Cc1c[nH]c2sccc12. The predicted octanol–water partition coefficient (Wildman–Crippen LogP) is 1.86. The maximum atomic E-state index is 10.4. The third-order valence-electron chi connectivity index (χ3n) is 1.73. The average molecular weight is 181 g/mol. The van der Waals surface area contributed by atoms with Gasteiger partial charge in [-0.25, -0.2) is 0 Å². The van der Waals surface area contributed by atoms with Crippen molar-refractivity contribution >= 4 is 27.5 Å². The van der Waals surface area contributed by atoms with Crippen LogP contribution in [0.3, 0.4) is 0 Å². The van der Waals surface area contributed by atoms with Crippen molar-refractivity contribution in [2.24, 2.45) is 0 Å². The predicted molar refractivity (Wildman–Crippen MR) is 47.5 cm³/mol. The molecule has 62 valence electrons. The van der Waals surface area contributed by atoms with Gasteiger partial charge in [-0.2, -0.15) is 0 Å². The van der Waals surface area contributed by atoms with Gasteiger partial charge in [0.2, 0.25) is 0 Å². The van der Waals surface area contributed by atoms with Crippen molar-refractivity contribution in [2.45, 2.75) is 6.42 Å². The van der Waals surface area contributed by atoms with Crippen LogP contribution < -0.4 is 0 Å². The Hall–Kier alpha value is -1.29. The van der Waals surface area contributed by atoms with E-state index in [0.29, 0.717) is 0 Å². The van der Waals surface area contributed by atoms with E-state index < -0.39 is 5.97 Å². The molecule has 12 heavy (non-hydrogen) atoms. The van der Waals surface area contributed by atoms with Crippen molar-refractivity contribution in [2.75, 3.05) is 0 Å². The van der Waals surface area contributed by atoms with Crippen LogP contribution >= 0.6 is 11.3 Å². The second-order valence-electron chi connectivity index (χ2n) is 2.55.